The summed E-state index contributed by atoms with van der Waals surface area (Å²) in [7, 11) is 1.44. The van der Waals surface area contributed by atoms with Gasteiger partial charge in [0.1, 0.15) is 0 Å². The van der Waals surface area contributed by atoms with Gasteiger partial charge in [-0.1, -0.05) is 26.7 Å². The predicted octanol–water partition coefficient (Wildman–Crippen LogP) is 4.99. The van der Waals surface area contributed by atoms with Crippen LogP contribution in [0.1, 0.15) is 39.5 Å². The summed E-state index contributed by atoms with van der Waals surface area (Å²) in [5, 5.41) is 14.3. The van der Waals surface area contributed by atoms with E-state index in [1.54, 1.807) is 6.07 Å². The van der Waals surface area contributed by atoms with Crippen LogP contribution in [-0.4, -0.2) is 18.6 Å². The molecule has 0 spiro atoms. The van der Waals surface area contributed by atoms with Gasteiger partial charge in [0.25, 0.3) is 0 Å². The Kier molecular flexibility index (Phi) is 7.50. The Balaban J connectivity index is 2.85. The molecule has 0 aliphatic rings. The van der Waals surface area contributed by atoms with Crippen LogP contribution in [-0.2, 0) is 0 Å². The van der Waals surface area contributed by atoms with Gasteiger partial charge in [-0.05, 0) is 34.7 Å². The second-order valence-corrected chi connectivity index (χ2v) is 5.94. The minimum atomic E-state index is -0.440. The highest BCUT2D eigenvalue weighted by molar-refractivity contribution is 9.10. The first-order valence-corrected chi connectivity index (χ1v) is 8.08. The normalized spacial score (nSPS) is 10.7. The van der Waals surface area contributed by atoms with E-state index in [9.17, 15) is 10.1 Å². The van der Waals surface area contributed by atoms with Crippen LogP contribution >= 0.6 is 15.9 Å². The second-order valence-electron chi connectivity index (χ2n) is 5.09. The number of nitro benzene ring substituents is 1. The van der Waals surface area contributed by atoms with Crippen molar-refractivity contribution in [3.63, 3.8) is 0 Å². The maximum atomic E-state index is 11.0. The first-order valence-electron chi connectivity index (χ1n) is 7.29. The summed E-state index contributed by atoms with van der Waals surface area (Å²) in [6.07, 6.45) is 4.69. The van der Waals surface area contributed by atoms with Crippen LogP contribution in [0.4, 0.5) is 11.4 Å². The molecule has 118 valence electrons. The van der Waals surface area contributed by atoms with E-state index in [1.807, 2.05) is 0 Å². The largest absolute Gasteiger partial charge is 0.490 e. The third-order valence-corrected chi connectivity index (χ3v) is 4.10. The molecule has 0 bridgehead atoms. The van der Waals surface area contributed by atoms with Gasteiger partial charge < -0.3 is 10.1 Å². The Hall–Kier alpha value is -1.30. The lowest BCUT2D eigenvalue weighted by Gasteiger charge is -2.18. The Bertz CT molecular complexity index is 474. The number of nitrogens with zero attached hydrogens (tertiary/aromatic N) is 1. The van der Waals surface area contributed by atoms with Gasteiger partial charge in [0.05, 0.1) is 17.7 Å². The van der Waals surface area contributed by atoms with E-state index >= 15 is 0 Å². The Labute approximate surface area is 134 Å². The topological polar surface area (TPSA) is 64.4 Å². The summed E-state index contributed by atoms with van der Waals surface area (Å²) in [5.41, 5.74) is 0.795. The molecule has 0 fully saturated rings. The molecule has 6 heteroatoms. The summed E-state index contributed by atoms with van der Waals surface area (Å²) in [6.45, 7) is 5.24. The third-order valence-electron chi connectivity index (χ3n) is 3.44. The molecule has 0 radical (unpaired) electrons. The zero-order valence-corrected chi connectivity index (χ0v) is 14.4. The van der Waals surface area contributed by atoms with Crippen molar-refractivity contribution in [2.75, 3.05) is 19.0 Å². The minimum absolute atomic E-state index is 0.0337. The van der Waals surface area contributed by atoms with E-state index in [2.05, 4.69) is 35.1 Å². The molecule has 1 aromatic rings. The van der Waals surface area contributed by atoms with Crippen LogP contribution in [0, 0.1) is 16.0 Å². The number of nitrogens with one attached hydrogen (secondary N) is 1. The van der Waals surface area contributed by atoms with Gasteiger partial charge in [-0.25, -0.2) is 0 Å². The van der Waals surface area contributed by atoms with Gasteiger partial charge in [-0.15, -0.1) is 0 Å². The zero-order valence-electron chi connectivity index (χ0n) is 12.8. The van der Waals surface area contributed by atoms with E-state index in [4.69, 9.17) is 4.74 Å². The number of methoxy groups -OCH3 is 1. The molecule has 0 heterocycles. The quantitative estimate of drug-likeness (QED) is 0.498. The Morgan fingerprint density at radius 1 is 1.33 bits per heavy atom. The molecule has 1 rings (SSSR count). The number of ether oxygens (including phenoxy) is 1. The molecule has 0 atom stereocenters. The van der Waals surface area contributed by atoms with Gasteiger partial charge >= 0.3 is 5.69 Å². The highest BCUT2D eigenvalue weighted by Gasteiger charge is 2.18. The molecule has 5 nitrogen and oxygen atoms in total. The van der Waals surface area contributed by atoms with Crippen molar-refractivity contribution in [3.05, 3.63) is 26.7 Å². The van der Waals surface area contributed by atoms with E-state index in [0.29, 0.717) is 10.4 Å². The van der Waals surface area contributed by atoms with Crippen molar-refractivity contribution in [1.29, 1.82) is 0 Å². The number of halogens is 1. The molecule has 0 aliphatic heterocycles. The standard InChI is InChI=1S/C15H23BrN2O3/c1-4-6-11(7-5-2)10-17-13-9-15(21-3)14(18(19)20)8-12(13)16/h8-9,11,17H,4-7,10H2,1-3H3. The van der Waals surface area contributed by atoms with E-state index in [0.717, 1.165) is 25.1 Å². The first-order chi connectivity index (χ1) is 10.0. The zero-order chi connectivity index (χ0) is 15.8. The number of benzene rings is 1. The molecule has 1 N–H and O–H groups in total. The lowest BCUT2D eigenvalue weighted by atomic mass is 9.98. The fourth-order valence-corrected chi connectivity index (χ4v) is 2.88. The molecule has 0 saturated carbocycles. The van der Waals surface area contributed by atoms with Crippen LogP contribution in [0.15, 0.2) is 16.6 Å². The molecule has 0 aromatic heterocycles. The lowest BCUT2D eigenvalue weighted by Crippen LogP contribution is -2.14. The van der Waals surface area contributed by atoms with Gasteiger partial charge in [0.2, 0.25) is 0 Å². The average Bonchev–Trinajstić information content (AvgIpc) is 2.45. The van der Waals surface area contributed by atoms with Crippen molar-refractivity contribution >= 4 is 27.3 Å². The molecule has 0 amide bonds. The summed E-state index contributed by atoms with van der Waals surface area (Å²) in [5.74, 6) is 0.890. The monoisotopic (exact) mass is 358 g/mol. The summed E-state index contributed by atoms with van der Waals surface area (Å²) in [6, 6.07) is 3.16. The molecule has 0 unspecified atom stereocenters. The molecule has 21 heavy (non-hydrogen) atoms. The lowest BCUT2D eigenvalue weighted by molar-refractivity contribution is -0.385. The van der Waals surface area contributed by atoms with E-state index in [-0.39, 0.29) is 11.4 Å². The first kappa shape index (κ1) is 17.8. The van der Waals surface area contributed by atoms with E-state index in [1.165, 1.54) is 26.0 Å². The SMILES string of the molecule is CCCC(CCC)CNc1cc(OC)c([N+](=O)[O-])cc1Br. The van der Waals surface area contributed by atoms with Crippen molar-refractivity contribution in [2.45, 2.75) is 39.5 Å². The summed E-state index contributed by atoms with van der Waals surface area (Å²) >= 11 is 3.38. The number of nitro groups is 1. The van der Waals surface area contributed by atoms with Crippen molar-refractivity contribution in [3.8, 4) is 5.75 Å². The molecular formula is C15H23BrN2O3. The Morgan fingerprint density at radius 3 is 2.43 bits per heavy atom. The number of hydrogen-bond donors (Lipinski definition) is 1. The molecule has 0 aliphatic carbocycles. The predicted molar refractivity (Wildman–Crippen MR) is 89.1 cm³/mol. The van der Waals surface area contributed by atoms with Gasteiger partial charge in [-0.2, -0.15) is 0 Å². The smallest absolute Gasteiger partial charge is 0.312 e. The van der Waals surface area contributed by atoms with Crippen LogP contribution < -0.4 is 10.1 Å². The van der Waals surface area contributed by atoms with Crippen molar-refractivity contribution < 1.29 is 9.66 Å². The van der Waals surface area contributed by atoms with Gasteiger partial charge in [0, 0.05) is 23.2 Å². The van der Waals surface area contributed by atoms with Crippen LogP contribution in [0.2, 0.25) is 0 Å². The second kappa shape index (κ2) is 8.87. The highest BCUT2D eigenvalue weighted by atomic mass is 79.9. The molecule has 1 aromatic carbocycles. The van der Waals surface area contributed by atoms with Crippen LogP contribution in [0.3, 0.4) is 0 Å². The fourth-order valence-electron chi connectivity index (χ4n) is 2.40. The molecular weight excluding hydrogens is 336 g/mol. The maximum Gasteiger partial charge on any atom is 0.312 e. The highest BCUT2D eigenvalue weighted by Crippen LogP contribution is 2.36. The van der Waals surface area contributed by atoms with Gasteiger partial charge in [0.15, 0.2) is 5.75 Å². The maximum absolute atomic E-state index is 11.0. The number of rotatable bonds is 9. The third kappa shape index (κ3) is 5.19. The van der Waals surface area contributed by atoms with Crippen molar-refractivity contribution in [2.24, 2.45) is 5.92 Å². The number of hydrogen-bond acceptors (Lipinski definition) is 4. The summed E-state index contributed by atoms with van der Waals surface area (Å²) < 4.78 is 5.78. The van der Waals surface area contributed by atoms with Gasteiger partial charge in [-0.3, -0.25) is 10.1 Å². The summed E-state index contributed by atoms with van der Waals surface area (Å²) in [4.78, 5) is 10.5. The fraction of sp³-hybridized carbons (Fsp3) is 0.600. The average molecular weight is 359 g/mol. The number of anilines is 1. The Morgan fingerprint density at radius 2 is 1.95 bits per heavy atom. The van der Waals surface area contributed by atoms with Crippen LogP contribution in [0.25, 0.3) is 0 Å². The van der Waals surface area contributed by atoms with E-state index < -0.39 is 4.92 Å². The minimum Gasteiger partial charge on any atom is -0.490 e. The molecule has 0 saturated heterocycles. The van der Waals surface area contributed by atoms with Crippen LogP contribution in [0.5, 0.6) is 5.75 Å². The van der Waals surface area contributed by atoms with Crippen molar-refractivity contribution in [1.82, 2.24) is 0 Å².